The van der Waals surface area contributed by atoms with E-state index in [1.807, 2.05) is 0 Å². The van der Waals surface area contributed by atoms with Crippen molar-refractivity contribution in [2.45, 2.75) is 30.6 Å². The topological polar surface area (TPSA) is 119 Å². The monoisotopic (exact) mass is 283 g/mol. The minimum atomic E-state index is -1.59. The van der Waals surface area contributed by atoms with Crippen molar-refractivity contribution < 1.29 is 30.0 Å². The fourth-order valence-electron chi connectivity index (χ4n) is 2.10. The number of carbonyl (C=O) groups excluding carboxylic acids is 1. The Morgan fingerprint density at radius 3 is 2.40 bits per heavy atom. The van der Waals surface area contributed by atoms with Crippen molar-refractivity contribution in [3.63, 3.8) is 0 Å². The summed E-state index contributed by atoms with van der Waals surface area (Å²) in [5.74, 6) is -0.500. The normalized spacial score (nSPS) is 33.7. The van der Waals surface area contributed by atoms with E-state index in [1.54, 1.807) is 30.3 Å². The number of nitrogens with one attached hydrogen (secondary N) is 1. The van der Waals surface area contributed by atoms with E-state index < -0.39 is 43.2 Å². The molecular formula is C13H17NO6. The third kappa shape index (κ3) is 2.97. The quantitative estimate of drug-likeness (QED) is 0.447. The van der Waals surface area contributed by atoms with Crippen molar-refractivity contribution in [1.29, 1.82) is 0 Å². The van der Waals surface area contributed by atoms with Crippen LogP contribution in [0.2, 0.25) is 0 Å². The van der Waals surface area contributed by atoms with Gasteiger partial charge in [-0.25, -0.2) is 0 Å². The first-order chi connectivity index (χ1) is 9.54. The second-order valence-corrected chi connectivity index (χ2v) is 4.59. The molecule has 2 rings (SSSR count). The molecule has 5 N–H and O–H groups in total. The second-order valence-electron chi connectivity index (χ2n) is 4.59. The van der Waals surface area contributed by atoms with Crippen LogP contribution >= 0.6 is 0 Å². The Hall–Kier alpha value is -1.51. The predicted octanol–water partition coefficient (Wildman–Crippen LogP) is -1.78. The molecule has 0 unspecified atom stereocenters. The van der Waals surface area contributed by atoms with Gasteiger partial charge in [0, 0.05) is 5.56 Å². The molecule has 110 valence electrons. The smallest absolute Gasteiger partial charge is 0.251 e. The van der Waals surface area contributed by atoms with Crippen LogP contribution in [0, 0.1) is 0 Å². The van der Waals surface area contributed by atoms with Gasteiger partial charge in [-0.2, -0.15) is 0 Å². The Morgan fingerprint density at radius 2 is 1.80 bits per heavy atom. The summed E-state index contributed by atoms with van der Waals surface area (Å²) in [6, 6.07) is 7.12. The number of amides is 1. The van der Waals surface area contributed by atoms with Gasteiger partial charge in [-0.15, -0.1) is 0 Å². The number of ether oxygens (including phenoxy) is 1. The highest BCUT2D eigenvalue weighted by atomic mass is 16.6. The molecule has 0 aliphatic carbocycles. The first-order valence-electron chi connectivity index (χ1n) is 6.21. The lowest BCUT2D eigenvalue weighted by Crippen LogP contribution is -2.64. The van der Waals surface area contributed by atoms with E-state index in [0.717, 1.165) is 0 Å². The van der Waals surface area contributed by atoms with Crippen molar-refractivity contribution in [1.82, 2.24) is 5.32 Å². The van der Waals surface area contributed by atoms with Gasteiger partial charge >= 0.3 is 0 Å². The minimum absolute atomic E-state index is 0.355. The SMILES string of the molecule is O=C(N[C@H]1[C@@H](O)[C@H](O)O[C@H](CO)[C@@H]1O)c1ccccc1. The predicted molar refractivity (Wildman–Crippen MR) is 67.7 cm³/mol. The summed E-state index contributed by atoms with van der Waals surface area (Å²) in [4.78, 5) is 12.0. The van der Waals surface area contributed by atoms with E-state index in [0.29, 0.717) is 5.56 Å². The number of aliphatic hydroxyl groups is 4. The lowest BCUT2D eigenvalue weighted by molar-refractivity contribution is -0.260. The van der Waals surface area contributed by atoms with Crippen molar-refractivity contribution in [2.75, 3.05) is 6.61 Å². The Balaban J connectivity index is 2.11. The number of carbonyl (C=O) groups is 1. The molecule has 0 aromatic heterocycles. The van der Waals surface area contributed by atoms with Crippen molar-refractivity contribution in [2.24, 2.45) is 0 Å². The second kappa shape index (κ2) is 6.29. The third-order valence-corrected chi connectivity index (χ3v) is 3.24. The third-order valence-electron chi connectivity index (χ3n) is 3.24. The van der Waals surface area contributed by atoms with Crippen LogP contribution in [0.4, 0.5) is 0 Å². The Kier molecular flexibility index (Phi) is 4.69. The zero-order valence-corrected chi connectivity index (χ0v) is 10.6. The molecule has 0 radical (unpaired) electrons. The molecule has 1 amide bonds. The molecule has 7 heteroatoms. The first-order valence-corrected chi connectivity index (χ1v) is 6.21. The summed E-state index contributed by atoms with van der Waals surface area (Å²) < 4.78 is 4.83. The highest BCUT2D eigenvalue weighted by molar-refractivity contribution is 5.94. The van der Waals surface area contributed by atoms with Crippen LogP contribution in [-0.2, 0) is 4.74 Å². The van der Waals surface area contributed by atoms with E-state index in [2.05, 4.69) is 5.32 Å². The maximum atomic E-state index is 12.0. The summed E-state index contributed by atoms with van der Waals surface area (Å²) in [6.07, 6.45) is -5.47. The number of aliphatic hydroxyl groups excluding tert-OH is 4. The average Bonchev–Trinajstić information content (AvgIpc) is 2.48. The van der Waals surface area contributed by atoms with Gasteiger partial charge < -0.3 is 30.5 Å². The molecule has 20 heavy (non-hydrogen) atoms. The minimum Gasteiger partial charge on any atom is -0.394 e. The molecule has 0 bridgehead atoms. The molecule has 1 fully saturated rings. The highest BCUT2D eigenvalue weighted by Gasteiger charge is 2.44. The summed E-state index contributed by atoms with van der Waals surface area (Å²) >= 11 is 0. The lowest BCUT2D eigenvalue weighted by atomic mass is 9.96. The van der Waals surface area contributed by atoms with Gasteiger partial charge in [0.2, 0.25) is 0 Å². The number of rotatable bonds is 3. The van der Waals surface area contributed by atoms with Gasteiger partial charge in [-0.05, 0) is 12.1 Å². The Labute approximate surface area is 115 Å². The van der Waals surface area contributed by atoms with E-state index in [-0.39, 0.29) is 0 Å². The standard InChI is InChI=1S/C13H17NO6/c15-6-8-10(16)9(11(17)13(19)20-8)14-12(18)7-4-2-1-3-5-7/h1-5,8-11,13,15-17,19H,6H2,(H,14,18)/t8-,9-,10+,11-,13-/m1/s1. The maximum absolute atomic E-state index is 12.0. The summed E-state index contributed by atoms with van der Waals surface area (Å²) in [5, 5.41) is 40.7. The molecule has 0 saturated carbocycles. The van der Waals surface area contributed by atoms with Crippen LogP contribution in [0.5, 0.6) is 0 Å². The van der Waals surface area contributed by atoms with Crippen LogP contribution in [0.25, 0.3) is 0 Å². The van der Waals surface area contributed by atoms with E-state index >= 15 is 0 Å². The molecule has 5 atom stereocenters. The molecule has 1 aromatic carbocycles. The number of hydrogen-bond acceptors (Lipinski definition) is 6. The molecule has 1 aliphatic heterocycles. The fourth-order valence-corrected chi connectivity index (χ4v) is 2.10. The largest absolute Gasteiger partial charge is 0.394 e. The van der Waals surface area contributed by atoms with Crippen molar-refractivity contribution in [3.8, 4) is 0 Å². The lowest BCUT2D eigenvalue weighted by Gasteiger charge is -2.40. The van der Waals surface area contributed by atoms with Gasteiger partial charge in [0.1, 0.15) is 18.3 Å². The van der Waals surface area contributed by atoms with Gasteiger partial charge in [0.15, 0.2) is 6.29 Å². The molecular weight excluding hydrogens is 266 g/mol. The number of hydrogen-bond donors (Lipinski definition) is 5. The van der Waals surface area contributed by atoms with Crippen molar-refractivity contribution in [3.05, 3.63) is 35.9 Å². The van der Waals surface area contributed by atoms with Gasteiger partial charge in [0.25, 0.3) is 5.91 Å². The van der Waals surface area contributed by atoms with Crippen LogP contribution in [-0.4, -0.2) is 63.6 Å². The van der Waals surface area contributed by atoms with Crippen LogP contribution < -0.4 is 5.32 Å². The molecule has 1 aliphatic rings. The fraction of sp³-hybridized carbons (Fsp3) is 0.462. The van der Waals surface area contributed by atoms with Crippen molar-refractivity contribution >= 4 is 5.91 Å². The van der Waals surface area contributed by atoms with Crippen LogP contribution in [0.1, 0.15) is 10.4 Å². The first kappa shape index (κ1) is 14.9. The number of benzene rings is 1. The van der Waals surface area contributed by atoms with Crippen LogP contribution in [0.3, 0.4) is 0 Å². The van der Waals surface area contributed by atoms with E-state index in [4.69, 9.17) is 9.84 Å². The van der Waals surface area contributed by atoms with Gasteiger partial charge in [-0.3, -0.25) is 4.79 Å². The Bertz CT molecular complexity index is 453. The summed E-state index contributed by atoms with van der Waals surface area (Å²) in [6.45, 7) is -0.539. The van der Waals surface area contributed by atoms with Crippen LogP contribution in [0.15, 0.2) is 30.3 Å². The van der Waals surface area contributed by atoms with Gasteiger partial charge in [0.05, 0.1) is 12.6 Å². The average molecular weight is 283 g/mol. The molecule has 1 saturated heterocycles. The summed E-state index contributed by atoms with van der Waals surface area (Å²) in [7, 11) is 0. The Morgan fingerprint density at radius 1 is 1.15 bits per heavy atom. The molecule has 0 spiro atoms. The van der Waals surface area contributed by atoms with E-state index in [1.165, 1.54) is 0 Å². The highest BCUT2D eigenvalue weighted by Crippen LogP contribution is 2.20. The molecule has 7 nitrogen and oxygen atoms in total. The zero-order chi connectivity index (χ0) is 14.7. The van der Waals surface area contributed by atoms with E-state index in [9.17, 15) is 20.1 Å². The van der Waals surface area contributed by atoms with Gasteiger partial charge in [-0.1, -0.05) is 18.2 Å². The molecule has 1 aromatic rings. The molecule has 1 heterocycles. The summed E-state index contributed by atoms with van der Waals surface area (Å²) in [5.41, 5.74) is 0.355. The maximum Gasteiger partial charge on any atom is 0.251 e. The zero-order valence-electron chi connectivity index (χ0n) is 10.6.